The molecule has 0 bridgehead atoms. The number of hydrogen-bond donors (Lipinski definition) is 1. The van der Waals surface area contributed by atoms with E-state index >= 15 is 0 Å². The molecule has 5 nitrogen and oxygen atoms in total. The first kappa shape index (κ1) is 17.9. The summed E-state index contributed by atoms with van der Waals surface area (Å²) in [5.74, 6) is -1.26. The van der Waals surface area contributed by atoms with Crippen LogP contribution in [0.1, 0.15) is 16.7 Å². The first-order chi connectivity index (χ1) is 12.4. The van der Waals surface area contributed by atoms with Crippen LogP contribution in [0, 0.1) is 19.7 Å². The van der Waals surface area contributed by atoms with Crippen LogP contribution in [0.4, 0.5) is 4.39 Å². The standard InChI is InChI=1S/C19H15FN2O3S/c1-11-3-4-14(12(2)9-11)10-16(18(23)24)26-19-22-21-17(25-19)13-5-7-15(20)8-6-13/h3-10H,1-2H3,(H,23,24)/b16-10+. The number of hydrogen-bond acceptors (Lipinski definition) is 5. The van der Waals surface area contributed by atoms with Gasteiger partial charge >= 0.3 is 5.97 Å². The summed E-state index contributed by atoms with van der Waals surface area (Å²) in [6.07, 6.45) is 1.57. The van der Waals surface area contributed by atoms with Crippen molar-refractivity contribution in [2.45, 2.75) is 19.1 Å². The van der Waals surface area contributed by atoms with E-state index in [1.165, 1.54) is 24.3 Å². The van der Waals surface area contributed by atoms with Crippen LogP contribution in [-0.2, 0) is 4.79 Å². The molecule has 1 heterocycles. The maximum absolute atomic E-state index is 13.0. The zero-order chi connectivity index (χ0) is 18.7. The molecule has 3 aromatic rings. The molecule has 132 valence electrons. The molecule has 0 spiro atoms. The van der Waals surface area contributed by atoms with E-state index in [4.69, 9.17) is 4.42 Å². The maximum Gasteiger partial charge on any atom is 0.342 e. The predicted molar refractivity (Wildman–Crippen MR) is 97.1 cm³/mol. The van der Waals surface area contributed by atoms with Gasteiger partial charge in [0.2, 0.25) is 5.89 Å². The Morgan fingerprint density at radius 3 is 2.54 bits per heavy atom. The lowest BCUT2D eigenvalue weighted by Crippen LogP contribution is -1.97. The number of halogens is 1. The second kappa shape index (κ2) is 7.53. The smallest absolute Gasteiger partial charge is 0.342 e. The van der Waals surface area contributed by atoms with Gasteiger partial charge in [-0.05, 0) is 67.1 Å². The van der Waals surface area contributed by atoms with E-state index in [1.807, 2.05) is 32.0 Å². The highest BCUT2D eigenvalue weighted by atomic mass is 32.2. The van der Waals surface area contributed by atoms with Crippen molar-refractivity contribution in [1.29, 1.82) is 0 Å². The molecule has 3 rings (SSSR count). The number of thioether (sulfide) groups is 1. The Kier molecular flexibility index (Phi) is 5.18. The van der Waals surface area contributed by atoms with Gasteiger partial charge in [-0.3, -0.25) is 0 Å². The van der Waals surface area contributed by atoms with Gasteiger partial charge in [-0.15, -0.1) is 10.2 Å². The maximum atomic E-state index is 13.0. The molecule has 7 heteroatoms. The van der Waals surface area contributed by atoms with Crippen molar-refractivity contribution in [1.82, 2.24) is 10.2 Å². The van der Waals surface area contributed by atoms with Crippen LogP contribution in [0.5, 0.6) is 0 Å². The Balaban J connectivity index is 1.86. The van der Waals surface area contributed by atoms with Gasteiger partial charge in [0.15, 0.2) is 0 Å². The quantitative estimate of drug-likeness (QED) is 0.518. The number of aryl methyl sites for hydroxylation is 2. The average Bonchev–Trinajstić information content (AvgIpc) is 3.05. The van der Waals surface area contributed by atoms with Gasteiger partial charge in [-0.1, -0.05) is 23.8 Å². The molecule has 0 amide bonds. The van der Waals surface area contributed by atoms with Crippen molar-refractivity contribution in [3.05, 3.63) is 69.9 Å². The Morgan fingerprint density at radius 1 is 1.15 bits per heavy atom. The summed E-state index contributed by atoms with van der Waals surface area (Å²) in [5, 5.41) is 17.3. The Bertz CT molecular complexity index is 981. The second-order valence-electron chi connectivity index (χ2n) is 5.66. The first-order valence-corrected chi connectivity index (χ1v) is 8.53. The third-order valence-electron chi connectivity index (χ3n) is 3.62. The van der Waals surface area contributed by atoms with Crippen LogP contribution in [0.25, 0.3) is 17.5 Å². The fraction of sp³-hybridized carbons (Fsp3) is 0.105. The molecule has 0 unspecified atom stereocenters. The SMILES string of the molecule is Cc1ccc(/C=C(/Sc2nnc(-c3ccc(F)cc3)o2)C(=O)O)c(C)c1. The van der Waals surface area contributed by atoms with Crippen LogP contribution in [-0.4, -0.2) is 21.3 Å². The van der Waals surface area contributed by atoms with Crippen LogP contribution >= 0.6 is 11.8 Å². The van der Waals surface area contributed by atoms with E-state index in [1.54, 1.807) is 6.08 Å². The minimum Gasteiger partial charge on any atom is -0.477 e. The number of rotatable bonds is 5. The molecule has 0 aliphatic rings. The number of carboxylic acids is 1. The van der Waals surface area contributed by atoms with E-state index < -0.39 is 5.97 Å². The van der Waals surface area contributed by atoms with Crippen molar-refractivity contribution in [3.8, 4) is 11.5 Å². The Morgan fingerprint density at radius 2 is 1.88 bits per heavy atom. The van der Waals surface area contributed by atoms with Gasteiger partial charge in [0, 0.05) is 5.56 Å². The number of carbonyl (C=O) groups is 1. The summed E-state index contributed by atoms with van der Waals surface area (Å²) in [6.45, 7) is 3.89. The number of aromatic nitrogens is 2. The van der Waals surface area contributed by atoms with Crippen LogP contribution in [0.3, 0.4) is 0 Å². The van der Waals surface area contributed by atoms with Crippen molar-refractivity contribution in [2.75, 3.05) is 0 Å². The predicted octanol–water partition coefficient (Wildman–Crippen LogP) is 4.71. The van der Waals surface area contributed by atoms with Crippen molar-refractivity contribution in [2.24, 2.45) is 0 Å². The molecule has 0 saturated heterocycles. The summed E-state index contributed by atoms with van der Waals surface area (Å²) in [4.78, 5) is 11.6. The number of carboxylic acid groups (broad SMARTS) is 1. The van der Waals surface area contributed by atoms with Crippen molar-refractivity contribution in [3.63, 3.8) is 0 Å². The highest BCUT2D eigenvalue weighted by molar-refractivity contribution is 8.03. The van der Waals surface area contributed by atoms with Gasteiger partial charge in [-0.25, -0.2) is 9.18 Å². The molecule has 1 aromatic heterocycles. The largest absolute Gasteiger partial charge is 0.477 e. The topological polar surface area (TPSA) is 76.2 Å². The number of aliphatic carboxylic acids is 1. The van der Waals surface area contributed by atoms with Gasteiger partial charge in [0.05, 0.1) is 0 Å². The minimum atomic E-state index is -1.09. The molecule has 0 aliphatic heterocycles. The highest BCUT2D eigenvalue weighted by Crippen LogP contribution is 2.30. The lowest BCUT2D eigenvalue weighted by molar-refractivity contribution is -0.131. The fourth-order valence-corrected chi connectivity index (χ4v) is 2.98. The molecule has 0 fully saturated rings. The molecule has 26 heavy (non-hydrogen) atoms. The molecule has 2 aromatic carbocycles. The molecule has 1 N–H and O–H groups in total. The number of nitrogens with zero attached hydrogens (tertiary/aromatic N) is 2. The Hall–Kier alpha value is -2.93. The van der Waals surface area contributed by atoms with Gasteiger partial charge in [-0.2, -0.15) is 0 Å². The van der Waals surface area contributed by atoms with E-state index in [-0.39, 0.29) is 21.8 Å². The summed E-state index contributed by atoms with van der Waals surface area (Å²) in [6, 6.07) is 11.4. The highest BCUT2D eigenvalue weighted by Gasteiger charge is 2.16. The molecule has 0 radical (unpaired) electrons. The zero-order valence-electron chi connectivity index (χ0n) is 14.1. The zero-order valence-corrected chi connectivity index (χ0v) is 14.9. The van der Waals surface area contributed by atoms with Gasteiger partial charge in [0.1, 0.15) is 10.7 Å². The average molecular weight is 370 g/mol. The van der Waals surface area contributed by atoms with Crippen LogP contribution < -0.4 is 0 Å². The monoisotopic (exact) mass is 370 g/mol. The first-order valence-electron chi connectivity index (χ1n) is 7.72. The number of benzene rings is 2. The molecule has 0 aliphatic carbocycles. The summed E-state index contributed by atoms with van der Waals surface area (Å²) in [5.41, 5.74) is 3.44. The Labute approximate surface area is 153 Å². The molecule has 0 saturated carbocycles. The van der Waals surface area contributed by atoms with Gasteiger partial charge in [0.25, 0.3) is 5.22 Å². The third-order valence-corrected chi connectivity index (χ3v) is 4.47. The van der Waals surface area contributed by atoms with E-state index in [0.717, 1.165) is 28.5 Å². The molecule has 0 atom stereocenters. The van der Waals surface area contributed by atoms with E-state index in [2.05, 4.69) is 10.2 Å². The third kappa shape index (κ3) is 4.18. The lowest BCUT2D eigenvalue weighted by atomic mass is 10.1. The molecular weight excluding hydrogens is 355 g/mol. The summed E-state index contributed by atoms with van der Waals surface area (Å²) >= 11 is 0.870. The minimum absolute atomic E-state index is 0.0614. The summed E-state index contributed by atoms with van der Waals surface area (Å²) in [7, 11) is 0. The lowest BCUT2D eigenvalue weighted by Gasteiger charge is -2.04. The van der Waals surface area contributed by atoms with E-state index in [9.17, 15) is 14.3 Å². The van der Waals surface area contributed by atoms with Crippen LogP contribution in [0.2, 0.25) is 0 Å². The van der Waals surface area contributed by atoms with Crippen molar-refractivity contribution >= 4 is 23.8 Å². The second-order valence-corrected chi connectivity index (χ2v) is 6.65. The fourth-order valence-electron chi connectivity index (χ4n) is 2.32. The molecular formula is C19H15FN2O3S. The normalized spacial score (nSPS) is 11.6. The van der Waals surface area contributed by atoms with Gasteiger partial charge < -0.3 is 9.52 Å². The summed E-state index contributed by atoms with van der Waals surface area (Å²) < 4.78 is 18.5. The van der Waals surface area contributed by atoms with Crippen LogP contribution in [0.15, 0.2) is 57.0 Å². The van der Waals surface area contributed by atoms with Crippen molar-refractivity contribution < 1.29 is 18.7 Å². The van der Waals surface area contributed by atoms with E-state index in [0.29, 0.717) is 5.56 Å².